The maximum Gasteiger partial charge on any atom is 0.404 e. The van der Waals surface area contributed by atoms with E-state index in [0.29, 0.717) is 6.42 Å². The number of allylic oxidation sites excluding steroid dienone is 3. The van der Waals surface area contributed by atoms with Crippen molar-refractivity contribution in [3.05, 3.63) is 36.0 Å². The molecule has 0 aromatic rings. The van der Waals surface area contributed by atoms with E-state index < -0.39 is 47.7 Å². The van der Waals surface area contributed by atoms with Crippen molar-refractivity contribution < 1.29 is 48.0 Å². The third-order valence-corrected chi connectivity index (χ3v) is 8.51. The van der Waals surface area contributed by atoms with Gasteiger partial charge in [0.15, 0.2) is 0 Å². The van der Waals surface area contributed by atoms with Gasteiger partial charge in [0.05, 0.1) is 31.2 Å². The normalized spacial score (nSPS) is 32.2. The lowest BCUT2D eigenvalue weighted by atomic mass is 9.86. The van der Waals surface area contributed by atoms with Crippen molar-refractivity contribution in [1.82, 2.24) is 0 Å². The van der Waals surface area contributed by atoms with Gasteiger partial charge >= 0.3 is 24.0 Å². The van der Waals surface area contributed by atoms with Crippen LogP contribution in [-0.2, 0) is 38.1 Å². The molecule has 2 aliphatic heterocycles. The Balaban J connectivity index is 2.20. The second kappa shape index (κ2) is 17.5. The fourth-order valence-corrected chi connectivity index (χ4v) is 5.78. The van der Waals surface area contributed by atoms with E-state index >= 15 is 0 Å². The minimum atomic E-state index is -1.48. The molecule has 0 aromatic heterocycles. The topological polar surface area (TPSA) is 164 Å². The van der Waals surface area contributed by atoms with Gasteiger partial charge in [0.2, 0.25) is 0 Å². The van der Waals surface area contributed by atoms with Crippen molar-refractivity contribution in [3.63, 3.8) is 0 Å². The Morgan fingerprint density at radius 2 is 1.89 bits per heavy atom. The molecule has 1 amide bonds. The maximum atomic E-state index is 13.1. The molecule has 1 fully saturated rings. The lowest BCUT2D eigenvalue weighted by molar-refractivity contribution is -0.161. The lowest BCUT2D eigenvalue weighted by Crippen LogP contribution is -2.42. The fourth-order valence-electron chi connectivity index (χ4n) is 5.78. The Morgan fingerprint density at radius 1 is 1.20 bits per heavy atom. The Bertz CT molecular complexity index is 1110. The fraction of sp³-hybridized carbons (Fsp3) is 0.706. The van der Waals surface area contributed by atoms with Crippen molar-refractivity contribution in [1.29, 1.82) is 0 Å². The summed E-state index contributed by atoms with van der Waals surface area (Å²) in [7, 11) is 0. The molecule has 11 nitrogen and oxygen atoms in total. The summed E-state index contributed by atoms with van der Waals surface area (Å²) < 4.78 is 27.7. The van der Waals surface area contributed by atoms with Crippen LogP contribution in [0.15, 0.2) is 36.0 Å². The quantitative estimate of drug-likeness (QED) is 0.0987. The number of carbonyl (C=O) groups excluding carboxylic acids is 4. The zero-order valence-electron chi connectivity index (χ0n) is 28.0. The SMILES string of the molecule is CCOC(=O)C1CCC(C)(O)C(OC(C)=O)/C=C/C(C)C(/C(C)=C/C=C/C(C)CC2OC2C(C)C(CC)OC(N)=O)OC(=O)C1. The number of ether oxygens (including phenoxy) is 5. The van der Waals surface area contributed by atoms with Crippen molar-refractivity contribution in [2.75, 3.05) is 6.61 Å². The predicted molar refractivity (Wildman–Crippen MR) is 168 cm³/mol. The van der Waals surface area contributed by atoms with Crippen molar-refractivity contribution in [2.45, 2.75) is 124 Å². The van der Waals surface area contributed by atoms with E-state index in [1.165, 1.54) is 6.92 Å². The minimum Gasteiger partial charge on any atom is -0.466 e. The highest BCUT2D eigenvalue weighted by atomic mass is 16.6. The second-order valence-electron chi connectivity index (χ2n) is 12.6. The van der Waals surface area contributed by atoms with Gasteiger partial charge in [-0.05, 0) is 64.0 Å². The first kappa shape index (κ1) is 38.0. The molecule has 0 aromatic carbocycles. The first-order chi connectivity index (χ1) is 21.1. The van der Waals surface area contributed by atoms with Crippen LogP contribution in [0.4, 0.5) is 4.79 Å². The molecule has 10 atom stereocenters. The Morgan fingerprint density at radius 3 is 2.49 bits per heavy atom. The molecule has 254 valence electrons. The van der Waals surface area contributed by atoms with Crippen LogP contribution in [0.2, 0.25) is 0 Å². The largest absolute Gasteiger partial charge is 0.466 e. The molecular formula is C34H53NO10. The van der Waals surface area contributed by atoms with Crippen molar-refractivity contribution in [3.8, 4) is 0 Å². The molecule has 11 heteroatoms. The summed E-state index contributed by atoms with van der Waals surface area (Å²) in [6.07, 6.45) is 8.06. The number of amides is 1. The van der Waals surface area contributed by atoms with Gasteiger partial charge in [0.1, 0.15) is 23.9 Å². The molecule has 45 heavy (non-hydrogen) atoms. The monoisotopic (exact) mass is 635 g/mol. The van der Waals surface area contributed by atoms with Crippen LogP contribution in [0.3, 0.4) is 0 Å². The summed E-state index contributed by atoms with van der Waals surface area (Å²) >= 11 is 0. The molecule has 0 spiro atoms. The average molecular weight is 636 g/mol. The average Bonchev–Trinajstić information content (AvgIpc) is 3.72. The van der Waals surface area contributed by atoms with E-state index in [-0.39, 0.29) is 61.9 Å². The van der Waals surface area contributed by atoms with Crippen molar-refractivity contribution in [2.24, 2.45) is 29.4 Å². The molecule has 0 saturated carbocycles. The second-order valence-corrected chi connectivity index (χ2v) is 12.6. The van der Waals surface area contributed by atoms with Gasteiger partial charge in [-0.1, -0.05) is 52.0 Å². The van der Waals surface area contributed by atoms with Crippen LogP contribution < -0.4 is 5.73 Å². The molecule has 0 radical (unpaired) electrons. The van der Waals surface area contributed by atoms with Gasteiger partial charge in [-0.2, -0.15) is 0 Å². The predicted octanol–water partition coefficient (Wildman–Crippen LogP) is 4.94. The third-order valence-electron chi connectivity index (χ3n) is 8.51. The molecule has 0 aliphatic carbocycles. The van der Waals surface area contributed by atoms with Gasteiger partial charge in [0.25, 0.3) is 0 Å². The molecule has 2 rings (SSSR count). The standard InChI is InChI=1S/C34H53NO10/c1-9-26(44-33(35)39)23(6)31-27(43-31)18-20(3)12-11-13-21(4)30-22(5)14-15-28(42-24(7)36)34(8,40)17-16-25(19-29(37)45-30)32(38)41-10-2/h11-15,20,22-23,25-28,30-31,40H,9-10,16-19H2,1-8H3,(H2,35,39)/b12-11+,15-14+,21-13+. The smallest absolute Gasteiger partial charge is 0.404 e. The van der Waals surface area contributed by atoms with Gasteiger partial charge < -0.3 is 34.5 Å². The molecule has 0 bridgehead atoms. The third kappa shape index (κ3) is 12.3. The summed E-state index contributed by atoms with van der Waals surface area (Å²) in [5.74, 6) is -2.59. The van der Waals surface area contributed by atoms with E-state index in [1.54, 1.807) is 26.0 Å². The number of cyclic esters (lactones) is 1. The lowest BCUT2D eigenvalue weighted by Gasteiger charge is -2.32. The highest BCUT2D eigenvalue weighted by molar-refractivity contribution is 5.80. The number of primary amides is 1. The number of aliphatic hydroxyl groups is 1. The number of epoxide rings is 1. The maximum absolute atomic E-state index is 13.1. The Labute approximate surface area is 267 Å². The molecule has 2 heterocycles. The zero-order chi connectivity index (χ0) is 33.9. The van der Waals surface area contributed by atoms with Gasteiger partial charge in [-0.3, -0.25) is 14.4 Å². The van der Waals surface area contributed by atoms with Crippen LogP contribution in [0.1, 0.15) is 87.5 Å². The van der Waals surface area contributed by atoms with Crippen LogP contribution in [0, 0.1) is 23.7 Å². The summed E-state index contributed by atoms with van der Waals surface area (Å²) in [4.78, 5) is 48.8. The van der Waals surface area contributed by atoms with Crippen LogP contribution in [0.5, 0.6) is 0 Å². The van der Waals surface area contributed by atoms with E-state index in [1.807, 2.05) is 45.9 Å². The molecule has 3 N–H and O–H groups in total. The first-order valence-corrected chi connectivity index (χ1v) is 16.0. The summed E-state index contributed by atoms with van der Waals surface area (Å²) in [6.45, 7) is 14.4. The Kier molecular flexibility index (Phi) is 14.8. The summed E-state index contributed by atoms with van der Waals surface area (Å²) in [5, 5.41) is 11.2. The van der Waals surface area contributed by atoms with Crippen LogP contribution in [-0.4, -0.2) is 71.8 Å². The number of nitrogens with two attached hydrogens (primary N) is 1. The molecule has 2 aliphatic rings. The number of hydrogen-bond donors (Lipinski definition) is 2. The Hall–Kier alpha value is -3.18. The molecular weight excluding hydrogens is 582 g/mol. The number of rotatable bonds is 12. The van der Waals surface area contributed by atoms with Crippen LogP contribution >= 0.6 is 0 Å². The highest BCUT2D eigenvalue weighted by Gasteiger charge is 2.46. The van der Waals surface area contributed by atoms with Gasteiger partial charge in [-0.15, -0.1) is 0 Å². The number of carbonyl (C=O) groups is 4. The van der Waals surface area contributed by atoms with Crippen molar-refractivity contribution >= 4 is 24.0 Å². The number of esters is 3. The first-order valence-electron chi connectivity index (χ1n) is 16.0. The van der Waals surface area contributed by atoms with Gasteiger partial charge in [0, 0.05) is 18.8 Å². The minimum absolute atomic E-state index is 0.000665. The van der Waals surface area contributed by atoms with E-state index in [2.05, 4.69) is 6.92 Å². The molecule has 1 saturated heterocycles. The van der Waals surface area contributed by atoms with Crippen LogP contribution in [0.25, 0.3) is 0 Å². The zero-order valence-corrected chi connectivity index (χ0v) is 28.0. The number of hydrogen-bond acceptors (Lipinski definition) is 10. The highest BCUT2D eigenvalue weighted by Crippen LogP contribution is 2.37. The van der Waals surface area contributed by atoms with E-state index in [4.69, 9.17) is 29.4 Å². The summed E-state index contributed by atoms with van der Waals surface area (Å²) in [6, 6.07) is 0. The van der Waals surface area contributed by atoms with E-state index in [0.717, 1.165) is 12.0 Å². The van der Waals surface area contributed by atoms with Gasteiger partial charge in [-0.25, -0.2) is 4.79 Å². The molecule has 10 unspecified atom stereocenters. The summed E-state index contributed by atoms with van der Waals surface area (Å²) in [5.41, 5.74) is 4.49. The van der Waals surface area contributed by atoms with E-state index in [9.17, 15) is 24.3 Å².